The van der Waals surface area contributed by atoms with E-state index in [1.807, 2.05) is 55.5 Å². The number of nitrogens with zero attached hydrogens (tertiary/aromatic N) is 1. The summed E-state index contributed by atoms with van der Waals surface area (Å²) in [5, 5.41) is 5.74. The van der Waals surface area contributed by atoms with Crippen molar-refractivity contribution in [3.8, 4) is 5.75 Å². The predicted octanol–water partition coefficient (Wildman–Crippen LogP) is 4.77. The average Bonchev–Trinajstić information content (AvgIpc) is 3.26. The molecular weight excluding hydrogens is 510 g/mol. The van der Waals surface area contributed by atoms with Crippen LogP contribution in [0.2, 0.25) is 0 Å². The van der Waals surface area contributed by atoms with Crippen LogP contribution in [-0.4, -0.2) is 30.9 Å². The highest BCUT2D eigenvalue weighted by Gasteiger charge is 2.35. The van der Waals surface area contributed by atoms with E-state index in [4.69, 9.17) is 4.74 Å². The zero-order valence-electron chi connectivity index (χ0n) is 19.3. The van der Waals surface area contributed by atoms with Crippen LogP contribution in [0.3, 0.4) is 0 Å². The smallest absolute Gasteiger partial charge is 0.253 e. The van der Waals surface area contributed by atoms with E-state index in [1.165, 1.54) is 0 Å². The molecule has 3 amide bonds. The molecule has 0 bridgehead atoms. The second-order valence-corrected chi connectivity index (χ2v) is 9.09. The van der Waals surface area contributed by atoms with E-state index >= 15 is 0 Å². The van der Waals surface area contributed by atoms with E-state index in [9.17, 15) is 14.4 Å². The molecule has 0 aliphatic carbocycles. The number of nitrogens with one attached hydrogen (secondary N) is 2. The van der Waals surface area contributed by atoms with E-state index in [0.29, 0.717) is 30.9 Å². The maximum Gasteiger partial charge on any atom is 0.253 e. The van der Waals surface area contributed by atoms with Gasteiger partial charge in [-0.15, -0.1) is 0 Å². The molecule has 7 nitrogen and oxygen atoms in total. The lowest BCUT2D eigenvalue weighted by atomic mass is 10.1. The third-order valence-corrected chi connectivity index (χ3v) is 6.28. The minimum absolute atomic E-state index is 0.103. The van der Waals surface area contributed by atoms with Crippen LogP contribution in [0.25, 0.3) is 0 Å². The molecule has 8 heteroatoms. The molecule has 0 radical (unpaired) electrons. The minimum atomic E-state index is -0.508. The Kier molecular flexibility index (Phi) is 7.82. The van der Waals surface area contributed by atoms with Crippen molar-refractivity contribution in [3.05, 3.63) is 88.4 Å². The predicted molar refractivity (Wildman–Crippen MR) is 138 cm³/mol. The van der Waals surface area contributed by atoms with Crippen molar-refractivity contribution in [2.24, 2.45) is 5.92 Å². The molecule has 1 fully saturated rings. The number of benzene rings is 3. The second-order valence-electron chi connectivity index (χ2n) is 8.18. The highest BCUT2D eigenvalue weighted by Crippen LogP contribution is 2.27. The summed E-state index contributed by atoms with van der Waals surface area (Å²) in [5.74, 6) is -0.418. The zero-order chi connectivity index (χ0) is 24.8. The molecule has 1 saturated heterocycles. The Hall–Kier alpha value is -3.65. The van der Waals surface area contributed by atoms with Crippen LogP contribution in [0, 0.1) is 5.92 Å². The number of rotatable bonds is 8. The molecule has 0 spiro atoms. The van der Waals surface area contributed by atoms with Crippen LogP contribution in [0.4, 0.5) is 11.4 Å². The minimum Gasteiger partial charge on any atom is -0.494 e. The number of hydrogen-bond acceptors (Lipinski definition) is 4. The monoisotopic (exact) mass is 535 g/mol. The molecule has 1 aliphatic rings. The van der Waals surface area contributed by atoms with Gasteiger partial charge < -0.3 is 20.3 Å². The van der Waals surface area contributed by atoms with Crippen LogP contribution in [0.15, 0.2) is 77.3 Å². The van der Waals surface area contributed by atoms with Crippen molar-refractivity contribution in [1.29, 1.82) is 0 Å². The molecule has 4 rings (SSSR count). The van der Waals surface area contributed by atoms with Gasteiger partial charge >= 0.3 is 0 Å². The Morgan fingerprint density at radius 1 is 1.03 bits per heavy atom. The van der Waals surface area contributed by atoms with Gasteiger partial charge in [0.15, 0.2) is 0 Å². The molecule has 3 aromatic rings. The molecule has 1 heterocycles. The summed E-state index contributed by atoms with van der Waals surface area (Å²) in [7, 11) is 0. The maximum atomic E-state index is 13.0. The highest BCUT2D eigenvalue weighted by atomic mass is 79.9. The van der Waals surface area contributed by atoms with E-state index in [2.05, 4.69) is 26.6 Å². The van der Waals surface area contributed by atoms with E-state index in [0.717, 1.165) is 21.5 Å². The number of anilines is 2. The Morgan fingerprint density at radius 3 is 2.46 bits per heavy atom. The Labute approximate surface area is 212 Å². The standard InChI is InChI=1S/C27H26BrN3O4/c1-2-35-22-13-7-18(8-14-22)16-29-27(34)23-5-3-4-6-24(23)30-26(33)19-15-25(32)31(17-19)21-11-9-20(28)10-12-21/h3-14,19H,2,15-17H2,1H3,(H,29,34)(H,30,33)/t19-/m1/s1. The second kappa shape index (κ2) is 11.2. The fourth-order valence-corrected chi connectivity index (χ4v) is 4.19. The fourth-order valence-electron chi connectivity index (χ4n) is 3.93. The molecule has 35 heavy (non-hydrogen) atoms. The van der Waals surface area contributed by atoms with Crippen molar-refractivity contribution in [3.63, 3.8) is 0 Å². The first kappa shape index (κ1) is 24.5. The first-order valence-corrected chi connectivity index (χ1v) is 12.2. The summed E-state index contributed by atoms with van der Waals surface area (Å²) >= 11 is 3.39. The third-order valence-electron chi connectivity index (χ3n) is 5.75. The first-order valence-electron chi connectivity index (χ1n) is 11.4. The van der Waals surface area contributed by atoms with Gasteiger partial charge in [0, 0.05) is 29.7 Å². The summed E-state index contributed by atoms with van der Waals surface area (Å²) in [6.45, 7) is 3.15. The number of para-hydroxylation sites is 1. The lowest BCUT2D eigenvalue weighted by Crippen LogP contribution is -2.29. The van der Waals surface area contributed by atoms with Crippen LogP contribution in [-0.2, 0) is 16.1 Å². The van der Waals surface area contributed by atoms with Crippen LogP contribution in [0.1, 0.15) is 29.3 Å². The molecule has 3 aromatic carbocycles. The van der Waals surface area contributed by atoms with Gasteiger partial charge in [-0.25, -0.2) is 0 Å². The van der Waals surface area contributed by atoms with Crippen molar-refractivity contribution in [1.82, 2.24) is 5.32 Å². The van der Waals surface area contributed by atoms with Gasteiger partial charge in [0.2, 0.25) is 11.8 Å². The Balaban J connectivity index is 1.38. The van der Waals surface area contributed by atoms with Crippen molar-refractivity contribution >= 4 is 45.0 Å². The molecule has 1 aliphatic heterocycles. The van der Waals surface area contributed by atoms with Crippen LogP contribution in [0.5, 0.6) is 5.75 Å². The van der Waals surface area contributed by atoms with Gasteiger partial charge in [0.25, 0.3) is 5.91 Å². The van der Waals surface area contributed by atoms with E-state index in [1.54, 1.807) is 29.2 Å². The molecule has 0 saturated carbocycles. The molecule has 2 N–H and O–H groups in total. The summed E-state index contributed by atoms with van der Waals surface area (Å²) in [6.07, 6.45) is 0.119. The molecule has 0 aromatic heterocycles. The number of carbonyl (C=O) groups excluding carboxylic acids is 3. The lowest BCUT2D eigenvalue weighted by molar-refractivity contribution is -0.122. The Bertz CT molecular complexity index is 1210. The lowest BCUT2D eigenvalue weighted by Gasteiger charge is -2.17. The quantitative estimate of drug-likeness (QED) is 0.434. The summed E-state index contributed by atoms with van der Waals surface area (Å²) in [5.41, 5.74) is 2.46. The van der Waals surface area contributed by atoms with Gasteiger partial charge in [0.05, 0.1) is 23.8 Å². The number of amides is 3. The average molecular weight is 536 g/mol. The third kappa shape index (κ3) is 6.08. The summed E-state index contributed by atoms with van der Waals surface area (Å²) in [6, 6.07) is 21.8. The number of hydrogen-bond donors (Lipinski definition) is 2. The van der Waals surface area contributed by atoms with Crippen molar-refractivity contribution in [2.45, 2.75) is 19.9 Å². The Morgan fingerprint density at radius 2 is 1.74 bits per heavy atom. The summed E-state index contributed by atoms with van der Waals surface area (Å²) in [4.78, 5) is 40.0. The molecular formula is C27H26BrN3O4. The van der Waals surface area contributed by atoms with Crippen LogP contribution < -0.4 is 20.3 Å². The van der Waals surface area contributed by atoms with Gasteiger partial charge in [-0.2, -0.15) is 0 Å². The van der Waals surface area contributed by atoms with Crippen molar-refractivity contribution in [2.75, 3.05) is 23.4 Å². The first-order chi connectivity index (χ1) is 16.9. The SMILES string of the molecule is CCOc1ccc(CNC(=O)c2ccccc2NC(=O)[C@@H]2CC(=O)N(c3ccc(Br)cc3)C2)cc1. The van der Waals surface area contributed by atoms with E-state index < -0.39 is 5.92 Å². The normalized spacial score (nSPS) is 15.1. The topological polar surface area (TPSA) is 87.7 Å². The maximum absolute atomic E-state index is 13.0. The number of halogens is 1. The van der Waals surface area contributed by atoms with E-state index in [-0.39, 0.29) is 24.1 Å². The van der Waals surface area contributed by atoms with Crippen LogP contribution >= 0.6 is 15.9 Å². The number of ether oxygens (including phenoxy) is 1. The highest BCUT2D eigenvalue weighted by molar-refractivity contribution is 9.10. The molecule has 180 valence electrons. The largest absolute Gasteiger partial charge is 0.494 e. The zero-order valence-corrected chi connectivity index (χ0v) is 20.9. The fraction of sp³-hybridized carbons (Fsp3) is 0.222. The number of carbonyl (C=O) groups is 3. The van der Waals surface area contributed by atoms with Gasteiger partial charge in [-0.3, -0.25) is 14.4 Å². The van der Waals surface area contributed by atoms with Crippen molar-refractivity contribution < 1.29 is 19.1 Å². The van der Waals surface area contributed by atoms with Gasteiger partial charge in [0.1, 0.15) is 5.75 Å². The van der Waals surface area contributed by atoms with Gasteiger partial charge in [-0.05, 0) is 61.0 Å². The molecule has 1 atom stereocenters. The summed E-state index contributed by atoms with van der Waals surface area (Å²) < 4.78 is 6.36. The molecule has 0 unspecified atom stereocenters. The van der Waals surface area contributed by atoms with Gasteiger partial charge in [-0.1, -0.05) is 40.2 Å².